The first kappa shape index (κ1) is 20.7. The van der Waals surface area contributed by atoms with Gasteiger partial charge in [-0.15, -0.1) is 0 Å². The van der Waals surface area contributed by atoms with Crippen molar-refractivity contribution in [1.82, 2.24) is 19.5 Å². The molecule has 0 radical (unpaired) electrons. The molecule has 0 aliphatic carbocycles. The average Bonchev–Trinajstić information content (AvgIpc) is 3.28. The fourth-order valence-corrected chi connectivity index (χ4v) is 4.36. The third-order valence-corrected chi connectivity index (χ3v) is 6.09. The molecule has 2 aromatic carbocycles. The molecule has 174 valence electrons. The summed E-state index contributed by atoms with van der Waals surface area (Å²) >= 11 is 0. The second kappa shape index (κ2) is 8.83. The van der Waals surface area contributed by atoms with Gasteiger partial charge in [-0.3, -0.25) is 4.57 Å². The van der Waals surface area contributed by atoms with Gasteiger partial charge < -0.3 is 24.3 Å². The fraction of sp³-hybridized carbons (Fsp3) is 0.320. The van der Waals surface area contributed by atoms with E-state index in [0.29, 0.717) is 31.0 Å². The van der Waals surface area contributed by atoms with Crippen LogP contribution in [0.3, 0.4) is 0 Å². The highest BCUT2D eigenvalue weighted by Crippen LogP contribution is 2.36. The summed E-state index contributed by atoms with van der Waals surface area (Å²) in [6.45, 7) is 2.57. The number of ether oxygens (including phenoxy) is 4. The Morgan fingerprint density at radius 3 is 2.65 bits per heavy atom. The molecular formula is C25H25N5O4. The summed E-state index contributed by atoms with van der Waals surface area (Å²) in [5.74, 6) is 4.26. The molecule has 0 spiro atoms. The number of imidazole rings is 1. The first-order valence-electron chi connectivity index (χ1n) is 11.4. The van der Waals surface area contributed by atoms with E-state index in [2.05, 4.69) is 10.3 Å². The van der Waals surface area contributed by atoms with Gasteiger partial charge in [0, 0.05) is 37.1 Å². The van der Waals surface area contributed by atoms with Crippen LogP contribution in [-0.2, 0) is 4.74 Å². The SMILES string of the molecule is COc1ccc2c(c1)nc(-c1ccc3c(c1)OCCO3)n2-c1ccnc(NC2CCOCC2)n1. The number of nitrogens with zero attached hydrogens (tertiary/aromatic N) is 4. The van der Waals surface area contributed by atoms with Crippen molar-refractivity contribution in [3.63, 3.8) is 0 Å². The van der Waals surface area contributed by atoms with Crippen molar-refractivity contribution in [1.29, 1.82) is 0 Å². The Bertz CT molecular complexity index is 1330. The monoisotopic (exact) mass is 459 g/mol. The van der Waals surface area contributed by atoms with E-state index < -0.39 is 0 Å². The number of hydrogen-bond donors (Lipinski definition) is 1. The number of rotatable bonds is 5. The lowest BCUT2D eigenvalue weighted by molar-refractivity contribution is 0.0903. The lowest BCUT2D eigenvalue weighted by atomic mass is 10.1. The summed E-state index contributed by atoms with van der Waals surface area (Å²) in [5, 5.41) is 3.46. The minimum Gasteiger partial charge on any atom is -0.497 e. The molecule has 1 fully saturated rings. The Kier molecular flexibility index (Phi) is 5.38. The van der Waals surface area contributed by atoms with Crippen molar-refractivity contribution in [2.45, 2.75) is 18.9 Å². The van der Waals surface area contributed by atoms with Gasteiger partial charge in [-0.25, -0.2) is 9.97 Å². The Balaban J connectivity index is 1.46. The Morgan fingerprint density at radius 2 is 1.79 bits per heavy atom. The molecule has 9 heteroatoms. The van der Waals surface area contributed by atoms with E-state index in [1.54, 1.807) is 13.3 Å². The molecule has 0 saturated carbocycles. The fourth-order valence-electron chi connectivity index (χ4n) is 4.36. The predicted molar refractivity (Wildman–Crippen MR) is 127 cm³/mol. The summed E-state index contributed by atoms with van der Waals surface area (Å²) in [4.78, 5) is 14.3. The minimum absolute atomic E-state index is 0.296. The third-order valence-electron chi connectivity index (χ3n) is 6.09. The van der Waals surface area contributed by atoms with Crippen molar-refractivity contribution in [3.05, 3.63) is 48.7 Å². The molecule has 9 nitrogen and oxygen atoms in total. The van der Waals surface area contributed by atoms with Gasteiger partial charge in [0.15, 0.2) is 11.5 Å². The molecule has 4 aromatic rings. The molecule has 34 heavy (non-hydrogen) atoms. The topological polar surface area (TPSA) is 92.5 Å². The summed E-state index contributed by atoms with van der Waals surface area (Å²) in [5.41, 5.74) is 2.63. The Morgan fingerprint density at radius 1 is 0.941 bits per heavy atom. The maximum absolute atomic E-state index is 5.82. The normalized spacial score (nSPS) is 15.9. The van der Waals surface area contributed by atoms with Crippen LogP contribution in [0.15, 0.2) is 48.7 Å². The van der Waals surface area contributed by atoms with Gasteiger partial charge in [0.05, 0.1) is 18.1 Å². The average molecular weight is 460 g/mol. The van der Waals surface area contributed by atoms with Crippen molar-refractivity contribution in [2.75, 3.05) is 38.9 Å². The first-order chi connectivity index (χ1) is 16.8. The van der Waals surface area contributed by atoms with E-state index in [9.17, 15) is 0 Å². The third kappa shape index (κ3) is 3.88. The molecule has 4 heterocycles. The molecule has 2 aromatic heterocycles. The number of nitrogens with one attached hydrogen (secondary N) is 1. The molecule has 0 bridgehead atoms. The number of anilines is 1. The molecule has 1 saturated heterocycles. The smallest absolute Gasteiger partial charge is 0.224 e. The van der Waals surface area contributed by atoms with Crippen molar-refractivity contribution in [3.8, 4) is 34.5 Å². The Labute approximate surface area is 196 Å². The van der Waals surface area contributed by atoms with Gasteiger partial charge in [-0.2, -0.15) is 4.98 Å². The maximum Gasteiger partial charge on any atom is 0.224 e. The van der Waals surface area contributed by atoms with Crippen LogP contribution in [0.1, 0.15) is 12.8 Å². The summed E-state index contributed by atoms with van der Waals surface area (Å²) < 4.78 is 24.5. The van der Waals surface area contributed by atoms with E-state index in [4.69, 9.17) is 28.9 Å². The van der Waals surface area contributed by atoms with Crippen LogP contribution in [-0.4, -0.2) is 59.1 Å². The van der Waals surface area contributed by atoms with Gasteiger partial charge in [0.1, 0.15) is 30.6 Å². The van der Waals surface area contributed by atoms with Crippen LogP contribution in [0.2, 0.25) is 0 Å². The standard InChI is InChI=1S/C25H25N5O4/c1-31-18-3-4-20-19(15-18)28-24(16-2-5-21-22(14-16)34-13-12-33-21)30(20)23-6-9-26-25(29-23)27-17-7-10-32-11-8-17/h2-6,9,14-15,17H,7-8,10-13H2,1H3,(H,26,27,29). The van der Waals surface area contributed by atoms with Gasteiger partial charge >= 0.3 is 0 Å². The molecule has 6 rings (SSSR count). The minimum atomic E-state index is 0.296. The predicted octanol–water partition coefficient (Wildman–Crippen LogP) is 3.85. The highest BCUT2D eigenvalue weighted by Gasteiger charge is 2.20. The van der Waals surface area contributed by atoms with E-state index in [-0.39, 0.29) is 0 Å². The summed E-state index contributed by atoms with van der Waals surface area (Å²) in [6.07, 6.45) is 3.64. The maximum atomic E-state index is 5.82. The molecule has 2 aliphatic heterocycles. The van der Waals surface area contributed by atoms with Gasteiger partial charge in [-0.1, -0.05) is 0 Å². The molecule has 0 amide bonds. The summed E-state index contributed by atoms with van der Waals surface area (Å²) in [7, 11) is 1.65. The molecule has 0 atom stereocenters. The zero-order valence-electron chi connectivity index (χ0n) is 18.9. The van der Waals surface area contributed by atoms with Crippen LogP contribution in [0.25, 0.3) is 28.2 Å². The van der Waals surface area contributed by atoms with Crippen molar-refractivity contribution in [2.24, 2.45) is 0 Å². The molecular weight excluding hydrogens is 434 g/mol. The van der Waals surface area contributed by atoms with E-state index in [1.165, 1.54) is 0 Å². The van der Waals surface area contributed by atoms with E-state index in [0.717, 1.165) is 65.8 Å². The van der Waals surface area contributed by atoms with Gasteiger partial charge in [0.25, 0.3) is 0 Å². The van der Waals surface area contributed by atoms with Crippen LogP contribution < -0.4 is 19.5 Å². The highest BCUT2D eigenvalue weighted by atomic mass is 16.6. The number of aromatic nitrogens is 4. The second-order valence-corrected chi connectivity index (χ2v) is 8.25. The van der Waals surface area contributed by atoms with Gasteiger partial charge in [-0.05, 0) is 49.2 Å². The second-order valence-electron chi connectivity index (χ2n) is 8.25. The molecule has 2 aliphatic rings. The quantitative estimate of drug-likeness (QED) is 0.481. The lowest BCUT2D eigenvalue weighted by Crippen LogP contribution is -2.28. The van der Waals surface area contributed by atoms with Crippen molar-refractivity contribution < 1.29 is 18.9 Å². The lowest BCUT2D eigenvalue weighted by Gasteiger charge is -2.23. The van der Waals surface area contributed by atoms with E-state index in [1.807, 2.05) is 47.0 Å². The van der Waals surface area contributed by atoms with Crippen LogP contribution in [0.5, 0.6) is 17.2 Å². The zero-order chi connectivity index (χ0) is 22.9. The zero-order valence-corrected chi connectivity index (χ0v) is 18.9. The summed E-state index contributed by atoms with van der Waals surface area (Å²) in [6, 6.07) is 13.9. The largest absolute Gasteiger partial charge is 0.497 e. The highest BCUT2D eigenvalue weighted by molar-refractivity contribution is 5.84. The van der Waals surface area contributed by atoms with Crippen LogP contribution in [0, 0.1) is 0 Å². The number of benzene rings is 2. The first-order valence-corrected chi connectivity index (χ1v) is 11.4. The van der Waals surface area contributed by atoms with E-state index >= 15 is 0 Å². The Hall–Kier alpha value is -3.85. The molecule has 0 unspecified atom stereocenters. The molecule has 1 N–H and O–H groups in total. The number of hydrogen-bond acceptors (Lipinski definition) is 8. The van der Waals surface area contributed by atoms with Crippen LogP contribution >= 0.6 is 0 Å². The number of methoxy groups -OCH3 is 1. The van der Waals surface area contributed by atoms with Crippen LogP contribution in [0.4, 0.5) is 5.95 Å². The van der Waals surface area contributed by atoms with Gasteiger partial charge in [0.2, 0.25) is 5.95 Å². The number of fused-ring (bicyclic) bond motifs is 2. The van der Waals surface area contributed by atoms with Crippen molar-refractivity contribution >= 4 is 17.0 Å².